The number of benzene rings is 2. The van der Waals surface area contributed by atoms with E-state index in [0.717, 1.165) is 0 Å². The van der Waals surface area contributed by atoms with Crippen molar-refractivity contribution in [2.75, 3.05) is 19.0 Å². The number of unbranched alkanes of at least 4 members (excludes halogenated alkanes) is 1. The molecule has 0 aliphatic rings. The maximum Gasteiger partial charge on any atom is 0.408 e. The van der Waals surface area contributed by atoms with Crippen LogP contribution < -0.4 is 21.1 Å². The summed E-state index contributed by atoms with van der Waals surface area (Å²) in [4.78, 5) is 53.3. The summed E-state index contributed by atoms with van der Waals surface area (Å²) in [6.07, 6.45) is -0.203. The molecule has 2 unspecified atom stereocenters. The summed E-state index contributed by atoms with van der Waals surface area (Å²) in [5.74, 6) is -1.59. The number of amides is 4. The Morgan fingerprint density at radius 2 is 1.74 bits per heavy atom. The quantitative estimate of drug-likeness (QED) is 0.319. The molecule has 0 saturated carbocycles. The zero-order valence-electron chi connectivity index (χ0n) is 23.0. The third kappa shape index (κ3) is 9.84. The molecule has 5 N–H and O–H groups in total. The number of hydrogen-bond acceptors (Lipinski definition) is 7. The van der Waals surface area contributed by atoms with Crippen molar-refractivity contribution in [2.45, 2.75) is 64.6 Å². The number of hydrogen-bond donors (Lipinski definition) is 4. The molecular weight excluding hydrogens is 504 g/mol. The molecule has 0 fully saturated rings. The lowest BCUT2D eigenvalue weighted by Crippen LogP contribution is -2.53. The van der Waals surface area contributed by atoms with Crippen LogP contribution in [-0.2, 0) is 19.1 Å². The molecule has 2 aromatic rings. The van der Waals surface area contributed by atoms with E-state index in [1.807, 2.05) is 6.92 Å². The van der Waals surface area contributed by atoms with Gasteiger partial charge in [-0.1, -0.05) is 25.5 Å². The van der Waals surface area contributed by atoms with Crippen molar-refractivity contribution in [1.29, 1.82) is 0 Å². The molecule has 0 heterocycles. The van der Waals surface area contributed by atoms with Crippen molar-refractivity contribution in [1.82, 2.24) is 10.2 Å². The van der Waals surface area contributed by atoms with Gasteiger partial charge in [0.1, 0.15) is 29.2 Å². The van der Waals surface area contributed by atoms with Crippen LogP contribution in [0.5, 0.6) is 11.5 Å². The molecule has 4 amide bonds. The summed E-state index contributed by atoms with van der Waals surface area (Å²) in [5.41, 5.74) is 5.34. The first kappa shape index (κ1) is 30.9. The molecule has 2 aromatic carbocycles. The van der Waals surface area contributed by atoms with E-state index in [-0.39, 0.29) is 12.3 Å². The maximum atomic E-state index is 13.9. The second-order valence-electron chi connectivity index (χ2n) is 9.97. The number of phenols is 1. The van der Waals surface area contributed by atoms with Gasteiger partial charge in [-0.15, -0.1) is 0 Å². The number of aromatic hydroxyl groups is 1. The fourth-order valence-electron chi connectivity index (χ4n) is 3.80. The zero-order chi connectivity index (χ0) is 29.2. The summed E-state index contributed by atoms with van der Waals surface area (Å²) in [7, 11) is 1.52. The SMILES string of the molecule is CCCCN(C(=O)C(CC(N)=O)NC(=O)OC(C)(C)C)C(C(=O)Nc1ccc(OC)cc1)c1cccc(O)c1. The number of nitrogens with two attached hydrogens (primary N) is 1. The molecular formula is C28H38N4O7. The van der Waals surface area contributed by atoms with E-state index in [0.29, 0.717) is 29.8 Å². The highest BCUT2D eigenvalue weighted by atomic mass is 16.6. The molecule has 0 spiro atoms. The first-order valence-electron chi connectivity index (χ1n) is 12.7. The molecule has 0 bridgehead atoms. The Hall–Kier alpha value is -4.28. The van der Waals surface area contributed by atoms with E-state index in [4.69, 9.17) is 15.2 Å². The Morgan fingerprint density at radius 1 is 1.08 bits per heavy atom. The Morgan fingerprint density at radius 3 is 2.28 bits per heavy atom. The lowest BCUT2D eigenvalue weighted by atomic mass is 10.0. The number of nitrogens with zero attached hydrogens (tertiary/aromatic N) is 1. The van der Waals surface area contributed by atoms with E-state index in [2.05, 4.69) is 10.6 Å². The average molecular weight is 543 g/mol. The molecule has 39 heavy (non-hydrogen) atoms. The van der Waals surface area contributed by atoms with Gasteiger partial charge in [-0.2, -0.15) is 0 Å². The number of alkyl carbamates (subject to hydrolysis) is 1. The van der Waals surface area contributed by atoms with Gasteiger partial charge in [0.15, 0.2) is 0 Å². The first-order valence-corrected chi connectivity index (χ1v) is 12.7. The van der Waals surface area contributed by atoms with Crippen LogP contribution in [0.15, 0.2) is 48.5 Å². The predicted molar refractivity (Wildman–Crippen MR) is 146 cm³/mol. The zero-order valence-corrected chi connectivity index (χ0v) is 23.0. The van der Waals surface area contributed by atoms with Gasteiger partial charge in [-0.3, -0.25) is 14.4 Å². The molecule has 0 saturated heterocycles. The molecule has 0 aliphatic heterocycles. The molecule has 2 rings (SSSR count). The highest BCUT2D eigenvalue weighted by molar-refractivity contribution is 5.99. The smallest absolute Gasteiger partial charge is 0.408 e. The van der Waals surface area contributed by atoms with Crippen molar-refractivity contribution in [2.24, 2.45) is 5.73 Å². The van der Waals surface area contributed by atoms with Crippen molar-refractivity contribution in [3.63, 3.8) is 0 Å². The van der Waals surface area contributed by atoms with E-state index in [1.54, 1.807) is 57.2 Å². The van der Waals surface area contributed by atoms with Crippen LogP contribution in [-0.4, -0.2) is 59.1 Å². The molecule has 11 heteroatoms. The van der Waals surface area contributed by atoms with Gasteiger partial charge in [0.25, 0.3) is 5.91 Å². The standard InChI is InChI=1S/C28H38N4O7/c1-6-7-15-32(26(36)22(17-23(29)34)31-27(37)39-28(2,3)4)24(18-9-8-10-20(33)16-18)25(35)30-19-11-13-21(38-5)14-12-19/h8-14,16,22,24,33H,6-7,15,17H2,1-5H3,(H2,29,34)(H,30,35)(H,31,37). The summed E-state index contributed by atoms with van der Waals surface area (Å²) in [5, 5.41) is 15.4. The summed E-state index contributed by atoms with van der Waals surface area (Å²) >= 11 is 0. The largest absolute Gasteiger partial charge is 0.508 e. The van der Waals surface area contributed by atoms with Crippen molar-refractivity contribution < 1.29 is 33.8 Å². The third-order valence-corrected chi connectivity index (χ3v) is 5.53. The highest BCUT2D eigenvalue weighted by Gasteiger charge is 2.37. The van der Waals surface area contributed by atoms with Crippen LogP contribution in [0, 0.1) is 0 Å². The summed E-state index contributed by atoms with van der Waals surface area (Å²) in [6, 6.07) is 10.0. The van der Waals surface area contributed by atoms with Gasteiger partial charge in [0.05, 0.1) is 13.5 Å². The number of carbonyl (C=O) groups is 4. The minimum absolute atomic E-state index is 0.0989. The topological polar surface area (TPSA) is 160 Å². The van der Waals surface area contributed by atoms with Gasteiger partial charge >= 0.3 is 6.09 Å². The second kappa shape index (κ2) is 14.0. The minimum atomic E-state index is -1.39. The molecule has 0 radical (unpaired) electrons. The van der Waals surface area contributed by atoms with E-state index in [1.165, 1.54) is 24.1 Å². The third-order valence-electron chi connectivity index (χ3n) is 5.53. The number of primary amides is 1. The molecule has 0 aromatic heterocycles. The van der Waals surface area contributed by atoms with Crippen LogP contribution in [0.4, 0.5) is 10.5 Å². The van der Waals surface area contributed by atoms with Crippen molar-refractivity contribution >= 4 is 29.5 Å². The predicted octanol–water partition coefficient (Wildman–Crippen LogP) is 3.48. The summed E-state index contributed by atoms with van der Waals surface area (Å²) < 4.78 is 10.4. The average Bonchev–Trinajstić information content (AvgIpc) is 2.84. The second-order valence-corrected chi connectivity index (χ2v) is 9.97. The fourth-order valence-corrected chi connectivity index (χ4v) is 3.80. The molecule has 0 aliphatic carbocycles. The first-order chi connectivity index (χ1) is 18.3. The van der Waals surface area contributed by atoms with Crippen LogP contribution >= 0.6 is 0 Å². The number of rotatable bonds is 12. The minimum Gasteiger partial charge on any atom is -0.508 e. The van der Waals surface area contributed by atoms with Crippen LogP contribution in [0.2, 0.25) is 0 Å². The highest BCUT2D eigenvalue weighted by Crippen LogP contribution is 2.28. The Bertz CT molecular complexity index is 1150. The number of nitrogens with one attached hydrogen (secondary N) is 2. The fraction of sp³-hybridized carbons (Fsp3) is 0.429. The van der Waals surface area contributed by atoms with Gasteiger partial charge in [-0.25, -0.2) is 4.79 Å². The number of methoxy groups -OCH3 is 1. The molecule has 11 nitrogen and oxygen atoms in total. The van der Waals surface area contributed by atoms with Crippen molar-refractivity contribution in [3.8, 4) is 11.5 Å². The number of phenolic OH excluding ortho intramolecular Hbond substituents is 1. The van der Waals surface area contributed by atoms with E-state index >= 15 is 0 Å². The van der Waals surface area contributed by atoms with Gasteiger partial charge in [0.2, 0.25) is 11.8 Å². The van der Waals surface area contributed by atoms with Gasteiger partial charge < -0.3 is 35.8 Å². The van der Waals surface area contributed by atoms with Crippen molar-refractivity contribution in [3.05, 3.63) is 54.1 Å². The summed E-state index contributed by atoms with van der Waals surface area (Å²) in [6.45, 7) is 7.02. The monoisotopic (exact) mass is 542 g/mol. The Kier molecular flexibility index (Phi) is 11.1. The number of ether oxygens (including phenoxy) is 2. The Labute approximate surface area is 228 Å². The Balaban J connectivity index is 2.51. The lowest BCUT2D eigenvalue weighted by molar-refractivity contribution is -0.142. The van der Waals surface area contributed by atoms with Crippen LogP contribution in [0.25, 0.3) is 0 Å². The normalized spacial score (nSPS) is 12.5. The van der Waals surface area contributed by atoms with Crippen LogP contribution in [0.3, 0.4) is 0 Å². The molecule has 212 valence electrons. The van der Waals surface area contributed by atoms with Crippen LogP contribution in [0.1, 0.15) is 58.6 Å². The molecule has 2 atom stereocenters. The maximum absolute atomic E-state index is 13.9. The lowest BCUT2D eigenvalue weighted by Gasteiger charge is -2.34. The van der Waals surface area contributed by atoms with E-state index in [9.17, 15) is 24.3 Å². The number of carbonyl (C=O) groups excluding carboxylic acids is 4. The van der Waals surface area contributed by atoms with Gasteiger partial charge in [0, 0.05) is 12.2 Å². The van der Waals surface area contributed by atoms with Gasteiger partial charge in [-0.05, 0) is 69.2 Å². The van der Waals surface area contributed by atoms with E-state index < -0.39 is 47.9 Å². The number of anilines is 1.